The number of aromatic hydroxyl groups is 1. The number of hydrogen-bond donors (Lipinski definition) is 2. The monoisotopic (exact) mass is 401 g/mol. The predicted molar refractivity (Wildman–Crippen MR) is 112 cm³/mol. The minimum atomic E-state index is -0.575. The summed E-state index contributed by atoms with van der Waals surface area (Å²) in [6.07, 6.45) is 2.38. The number of hydrogen-bond acceptors (Lipinski definition) is 5. The van der Waals surface area contributed by atoms with Gasteiger partial charge in [-0.2, -0.15) is 4.73 Å². The van der Waals surface area contributed by atoms with Crippen molar-refractivity contribution in [2.24, 2.45) is 17.8 Å². The van der Waals surface area contributed by atoms with Crippen LogP contribution in [0.5, 0.6) is 5.75 Å². The molecule has 5 unspecified atom stereocenters. The van der Waals surface area contributed by atoms with E-state index in [0.717, 1.165) is 23.1 Å². The average molecular weight is 402 g/mol. The summed E-state index contributed by atoms with van der Waals surface area (Å²) >= 11 is 0. The van der Waals surface area contributed by atoms with Gasteiger partial charge in [0.2, 0.25) is 0 Å². The molecule has 29 heavy (non-hydrogen) atoms. The molecule has 1 saturated heterocycles. The van der Waals surface area contributed by atoms with Crippen molar-refractivity contribution >= 4 is 0 Å². The fourth-order valence-corrected chi connectivity index (χ4v) is 4.50. The third kappa shape index (κ3) is 4.05. The number of rotatable bonds is 6. The lowest BCUT2D eigenvalue weighted by atomic mass is 9.78. The highest BCUT2D eigenvalue weighted by molar-refractivity contribution is 5.70. The summed E-state index contributed by atoms with van der Waals surface area (Å²) in [5.74, 6) is 0.204. The van der Waals surface area contributed by atoms with Crippen LogP contribution < -0.4 is 10.4 Å². The molecule has 1 aromatic heterocycles. The van der Waals surface area contributed by atoms with Gasteiger partial charge >= 0.3 is 0 Å². The van der Waals surface area contributed by atoms with Crippen LogP contribution in [0.1, 0.15) is 45.3 Å². The molecule has 0 bridgehead atoms. The Balaban J connectivity index is 2.12. The van der Waals surface area contributed by atoms with Crippen LogP contribution in [0.2, 0.25) is 0 Å². The first kappa shape index (κ1) is 21.4. The van der Waals surface area contributed by atoms with Gasteiger partial charge in [0.25, 0.3) is 5.56 Å². The van der Waals surface area contributed by atoms with Gasteiger partial charge in [0.15, 0.2) is 0 Å². The second kappa shape index (κ2) is 9.01. The molecular weight excluding hydrogens is 370 g/mol. The maximum Gasteiger partial charge on any atom is 0.292 e. The summed E-state index contributed by atoms with van der Waals surface area (Å²) in [5.41, 5.74) is 1.09. The van der Waals surface area contributed by atoms with Gasteiger partial charge in [0.05, 0.1) is 24.0 Å². The highest BCUT2D eigenvalue weighted by atomic mass is 16.6. The van der Waals surface area contributed by atoms with Crippen LogP contribution in [-0.4, -0.2) is 34.8 Å². The molecule has 1 aliphatic heterocycles. The SMILES string of the molecule is CCC(CO)C1OC(c2c(O)c(-c3ccccc3)cn(OC)c2=O)C(C)CC1C. The van der Waals surface area contributed by atoms with E-state index in [9.17, 15) is 15.0 Å². The van der Waals surface area contributed by atoms with Crippen molar-refractivity contribution in [3.8, 4) is 16.9 Å². The molecule has 3 rings (SSSR count). The van der Waals surface area contributed by atoms with E-state index in [0.29, 0.717) is 5.56 Å². The largest absolute Gasteiger partial charge is 0.507 e. The van der Waals surface area contributed by atoms with Crippen LogP contribution in [-0.2, 0) is 4.74 Å². The predicted octanol–water partition coefficient (Wildman–Crippen LogP) is 3.40. The Morgan fingerprint density at radius 2 is 1.93 bits per heavy atom. The van der Waals surface area contributed by atoms with E-state index in [1.807, 2.05) is 44.2 Å². The maximum absolute atomic E-state index is 13.1. The van der Waals surface area contributed by atoms with Crippen molar-refractivity contribution in [1.82, 2.24) is 4.73 Å². The van der Waals surface area contributed by atoms with Crippen LogP contribution in [0.25, 0.3) is 11.1 Å². The molecule has 0 saturated carbocycles. The van der Waals surface area contributed by atoms with Gasteiger partial charge in [0.1, 0.15) is 12.9 Å². The highest BCUT2D eigenvalue weighted by Crippen LogP contribution is 2.44. The van der Waals surface area contributed by atoms with Crippen LogP contribution in [0.15, 0.2) is 41.3 Å². The summed E-state index contributed by atoms with van der Waals surface area (Å²) in [4.78, 5) is 18.4. The molecule has 158 valence electrons. The number of aromatic nitrogens is 1. The maximum atomic E-state index is 13.1. The Kier molecular flexibility index (Phi) is 6.65. The van der Waals surface area contributed by atoms with E-state index in [2.05, 4.69) is 6.92 Å². The van der Waals surface area contributed by atoms with E-state index >= 15 is 0 Å². The minimum Gasteiger partial charge on any atom is -0.507 e. The number of benzene rings is 1. The second-order valence-electron chi connectivity index (χ2n) is 8.05. The molecule has 6 heteroatoms. The normalized spacial score (nSPS) is 25.6. The van der Waals surface area contributed by atoms with Crippen LogP contribution in [0, 0.1) is 17.8 Å². The van der Waals surface area contributed by atoms with Crippen LogP contribution >= 0.6 is 0 Å². The summed E-state index contributed by atoms with van der Waals surface area (Å²) in [7, 11) is 1.42. The molecule has 2 heterocycles. The third-order valence-corrected chi connectivity index (χ3v) is 6.10. The zero-order valence-corrected chi connectivity index (χ0v) is 17.5. The zero-order chi connectivity index (χ0) is 21.1. The first-order valence-corrected chi connectivity index (χ1v) is 10.3. The minimum absolute atomic E-state index is 0.0101. The average Bonchev–Trinajstić information content (AvgIpc) is 2.72. The van der Waals surface area contributed by atoms with Crippen LogP contribution in [0.3, 0.4) is 0 Å². The van der Waals surface area contributed by atoms with Gasteiger partial charge in [-0.25, -0.2) is 0 Å². The lowest BCUT2D eigenvalue weighted by Gasteiger charge is -2.42. The number of aliphatic hydroxyl groups excluding tert-OH is 1. The summed E-state index contributed by atoms with van der Waals surface area (Å²) in [6.45, 7) is 6.20. The first-order chi connectivity index (χ1) is 13.9. The standard InChI is InChI=1S/C23H31NO5/c1-5-16(13-25)21-14(2)11-15(3)22(29-21)19-20(26)18(12-24(28-4)23(19)27)17-9-7-6-8-10-17/h6-10,12,14-16,21-22,25-26H,5,11,13H2,1-4H3. The van der Waals surface area contributed by atoms with Crippen LogP contribution in [0.4, 0.5) is 0 Å². The van der Waals surface area contributed by atoms with E-state index < -0.39 is 11.7 Å². The summed E-state index contributed by atoms with van der Waals surface area (Å²) in [5, 5.41) is 20.9. The molecule has 1 aliphatic rings. The fraction of sp³-hybridized carbons (Fsp3) is 0.522. The smallest absolute Gasteiger partial charge is 0.292 e. The molecule has 5 atom stereocenters. The molecule has 6 nitrogen and oxygen atoms in total. The Labute approximate surface area is 171 Å². The Morgan fingerprint density at radius 3 is 2.52 bits per heavy atom. The number of ether oxygens (including phenoxy) is 1. The Hall–Kier alpha value is -2.31. The number of aliphatic hydroxyl groups is 1. The first-order valence-electron chi connectivity index (χ1n) is 10.3. The fourth-order valence-electron chi connectivity index (χ4n) is 4.50. The molecule has 0 radical (unpaired) electrons. The Morgan fingerprint density at radius 1 is 1.24 bits per heavy atom. The lowest BCUT2D eigenvalue weighted by molar-refractivity contribution is -0.141. The van der Waals surface area contributed by atoms with Gasteiger partial charge < -0.3 is 19.8 Å². The number of nitrogens with zero attached hydrogens (tertiary/aromatic N) is 1. The van der Waals surface area contributed by atoms with Gasteiger partial charge in [0, 0.05) is 18.1 Å². The van der Waals surface area contributed by atoms with Crippen molar-refractivity contribution < 1.29 is 19.8 Å². The number of pyridine rings is 1. The zero-order valence-electron chi connectivity index (χ0n) is 17.5. The lowest BCUT2D eigenvalue weighted by Crippen LogP contribution is -2.42. The quantitative estimate of drug-likeness (QED) is 0.775. The van der Waals surface area contributed by atoms with Gasteiger partial charge in [-0.3, -0.25) is 4.79 Å². The molecule has 2 N–H and O–H groups in total. The van der Waals surface area contributed by atoms with Crippen molar-refractivity contribution in [2.75, 3.05) is 13.7 Å². The molecular formula is C23H31NO5. The molecule has 1 aromatic carbocycles. The highest BCUT2D eigenvalue weighted by Gasteiger charge is 2.40. The van der Waals surface area contributed by atoms with Crippen molar-refractivity contribution in [2.45, 2.75) is 45.8 Å². The molecule has 0 amide bonds. The van der Waals surface area contributed by atoms with E-state index in [-0.39, 0.29) is 41.8 Å². The van der Waals surface area contributed by atoms with Crippen molar-refractivity contribution in [1.29, 1.82) is 0 Å². The third-order valence-electron chi connectivity index (χ3n) is 6.10. The molecule has 2 aromatic rings. The molecule has 0 spiro atoms. The summed E-state index contributed by atoms with van der Waals surface area (Å²) < 4.78 is 7.55. The molecule has 0 aliphatic carbocycles. The summed E-state index contributed by atoms with van der Waals surface area (Å²) in [6, 6.07) is 9.39. The molecule has 1 fully saturated rings. The van der Waals surface area contributed by atoms with Gasteiger partial charge in [-0.05, 0) is 30.2 Å². The topological polar surface area (TPSA) is 80.9 Å². The van der Waals surface area contributed by atoms with E-state index in [1.54, 1.807) is 0 Å². The van der Waals surface area contributed by atoms with E-state index in [1.165, 1.54) is 13.3 Å². The van der Waals surface area contributed by atoms with Gasteiger partial charge in [-0.1, -0.05) is 51.1 Å². The van der Waals surface area contributed by atoms with Crippen molar-refractivity contribution in [3.05, 3.63) is 52.4 Å². The second-order valence-corrected chi connectivity index (χ2v) is 8.05. The van der Waals surface area contributed by atoms with Gasteiger partial charge in [-0.15, -0.1) is 0 Å². The van der Waals surface area contributed by atoms with E-state index in [4.69, 9.17) is 9.57 Å². The van der Waals surface area contributed by atoms with Crippen molar-refractivity contribution in [3.63, 3.8) is 0 Å². The Bertz CT molecular complexity index is 875.